The lowest BCUT2D eigenvalue weighted by Crippen LogP contribution is -2.34. The first-order valence-electron chi connectivity index (χ1n) is 6.05. The Balaban J connectivity index is 2.13. The first-order chi connectivity index (χ1) is 8.72. The molecule has 1 saturated heterocycles. The number of carbonyl (C=O) groups is 1. The Morgan fingerprint density at radius 2 is 2.22 bits per heavy atom. The van der Waals surface area contributed by atoms with Crippen molar-refractivity contribution < 1.29 is 9.53 Å². The second-order valence-electron chi connectivity index (χ2n) is 4.34. The third-order valence-corrected chi connectivity index (χ3v) is 4.83. The van der Waals surface area contributed by atoms with E-state index in [-0.39, 0.29) is 17.3 Å². The molecule has 98 valence electrons. The Morgan fingerprint density at radius 1 is 1.50 bits per heavy atom. The van der Waals surface area contributed by atoms with Gasteiger partial charge in [-0.3, -0.25) is 10.2 Å². The summed E-state index contributed by atoms with van der Waals surface area (Å²) >= 11 is 1.63. The molecule has 4 nitrogen and oxygen atoms in total. The highest BCUT2D eigenvalue weighted by Crippen LogP contribution is 2.38. The van der Waals surface area contributed by atoms with Crippen LogP contribution >= 0.6 is 11.8 Å². The van der Waals surface area contributed by atoms with Crippen LogP contribution in [-0.2, 0) is 9.53 Å². The highest BCUT2D eigenvalue weighted by molar-refractivity contribution is 8.00. The molecule has 1 aromatic carbocycles. The molecule has 1 aliphatic rings. The van der Waals surface area contributed by atoms with Crippen molar-refractivity contribution in [2.75, 3.05) is 6.61 Å². The molecule has 0 radical (unpaired) electrons. The minimum Gasteiger partial charge on any atom is -0.377 e. The molecule has 3 unspecified atom stereocenters. The zero-order valence-corrected chi connectivity index (χ0v) is 11.2. The van der Waals surface area contributed by atoms with Gasteiger partial charge < -0.3 is 4.74 Å². The number of nitrogens with two attached hydrogens (primary N) is 1. The Hall–Kier alpha value is -1.04. The maximum Gasteiger partial charge on any atom is 0.251 e. The number of hydrogen-bond donors (Lipinski definition) is 2. The number of hydrazine groups is 1. The van der Waals surface area contributed by atoms with E-state index in [0.29, 0.717) is 5.25 Å². The fourth-order valence-corrected chi connectivity index (χ4v) is 3.45. The molecule has 1 aliphatic heterocycles. The van der Waals surface area contributed by atoms with Crippen molar-refractivity contribution in [1.29, 1.82) is 0 Å². The predicted molar refractivity (Wildman–Crippen MR) is 72.9 cm³/mol. The molecule has 1 amide bonds. The average Bonchev–Trinajstić information content (AvgIpc) is 2.81. The Kier molecular flexibility index (Phi) is 4.63. The number of thioether (sulfide) groups is 1. The summed E-state index contributed by atoms with van der Waals surface area (Å²) in [5.41, 5.74) is 3.23. The van der Waals surface area contributed by atoms with Gasteiger partial charge in [0.1, 0.15) is 5.25 Å². The van der Waals surface area contributed by atoms with E-state index in [4.69, 9.17) is 10.6 Å². The molecular formula is C13H18N2O2S. The van der Waals surface area contributed by atoms with E-state index < -0.39 is 0 Å². The van der Waals surface area contributed by atoms with Crippen LogP contribution in [-0.4, -0.2) is 23.9 Å². The Labute approximate surface area is 111 Å². The fourth-order valence-electron chi connectivity index (χ4n) is 2.06. The van der Waals surface area contributed by atoms with Gasteiger partial charge in [-0.15, -0.1) is 11.8 Å². The van der Waals surface area contributed by atoms with Crippen LogP contribution in [0, 0.1) is 0 Å². The van der Waals surface area contributed by atoms with Crippen LogP contribution in [0.4, 0.5) is 0 Å². The Morgan fingerprint density at radius 3 is 2.78 bits per heavy atom. The molecule has 1 aromatic rings. The standard InChI is InChI=1S/C13H18N2O2S/c1-9-11(7-8-17-9)18-12(13(16)15-14)10-5-3-2-4-6-10/h2-6,9,11-12H,7-8,14H2,1H3,(H,15,16). The van der Waals surface area contributed by atoms with E-state index >= 15 is 0 Å². The number of hydrogen-bond acceptors (Lipinski definition) is 4. The van der Waals surface area contributed by atoms with Crippen LogP contribution < -0.4 is 11.3 Å². The van der Waals surface area contributed by atoms with Gasteiger partial charge in [-0.25, -0.2) is 5.84 Å². The summed E-state index contributed by atoms with van der Waals surface area (Å²) in [5.74, 6) is 5.11. The molecule has 3 atom stereocenters. The Bertz CT molecular complexity index is 399. The molecule has 1 heterocycles. The van der Waals surface area contributed by atoms with Gasteiger partial charge in [0, 0.05) is 11.9 Å². The summed E-state index contributed by atoms with van der Waals surface area (Å²) in [4.78, 5) is 11.9. The van der Waals surface area contributed by atoms with E-state index in [1.54, 1.807) is 11.8 Å². The van der Waals surface area contributed by atoms with Crippen LogP contribution in [0.2, 0.25) is 0 Å². The fraction of sp³-hybridized carbons (Fsp3) is 0.462. The number of rotatable bonds is 4. The number of carbonyl (C=O) groups excluding carboxylic acids is 1. The van der Waals surface area contributed by atoms with Crippen molar-refractivity contribution in [3.05, 3.63) is 35.9 Å². The van der Waals surface area contributed by atoms with Crippen molar-refractivity contribution in [3.63, 3.8) is 0 Å². The minimum atomic E-state index is -0.273. The summed E-state index contributed by atoms with van der Waals surface area (Å²) in [7, 11) is 0. The van der Waals surface area contributed by atoms with Crippen LogP contribution in [0.3, 0.4) is 0 Å². The first-order valence-corrected chi connectivity index (χ1v) is 6.99. The van der Waals surface area contributed by atoms with Crippen LogP contribution in [0.5, 0.6) is 0 Å². The molecule has 18 heavy (non-hydrogen) atoms. The third kappa shape index (κ3) is 3.04. The van der Waals surface area contributed by atoms with Crippen molar-refractivity contribution in [3.8, 4) is 0 Å². The second-order valence-corrected chi connectivity index (χ2v) is 5.69. The first kappa shape index (κ1) is 13.4. The van der Waals surface area contributed by atoms with Gasteiger partial charge in [0.2, 0.25) is 0 Å². The molecule has 2 rings (SSSR count). The summed E-state index contributed by atoms with van der Waals surface area (Å²) < 4.78 is 5.53. The summed E-state index contributed by atoms with van der Waals surface area (Å²) in [6.07, 6.45) is 1.17. The minimum absolute atomic E-state index is 0.162. The molecule has 0 bridgehead atoms. The SMILES string of the molecule is CC1OCCC1SC(C(=O)NN)c1ccccc1. The van der Waals surface area contributed by atoms with Gasteiger partial charge in [-0.05, 0) is 18.9 Å². The largest absolute Gasteiger partial charge is 0.377 e. The molecule has 1 fully saturated rings. The monoisotopic (exact) mass is 266 g/mol. The van der Waals surface area contributed by atoms with E-state index in [9.17, 15) is 4.79 Å². The molecule has 0 spiro atoms. The lowest BCUT2D eigenvalue weighted by atomic mass is 10.1. The maximum absolute atomic E-state index is 11.9. The maximum atomic E-state index is 11.9. The van der Waals surface area contributed by atoms with Gasteiger partial charge in [0.15, 0.2) is 0 Å². The van der Waals surface area contributed by atoms with Gasteiger partial charge >= 0.3 is 0 Å². The topological polar surface area (TPSA) is 64.3 Å². The van der Waals surface area contributed by atoms with Crippen molar-refractivity contribution in [1.82, 2.24) is 5.43 Å². The lowest BCUT2D eigenvalue weighted by molar-refractivity contribution is -0.120. The number of nitrogens with one attached hydrogen (secondary N) is 1. The summed E-state index contributed by atoms with van der Waals surface area (Å²) in [6, 6.07) is 9.70. The van der Waals surface area contributed by atoms with E-state index in [2.05, 4.69) is 5.43 Å². The zero-order chi connectivity index (χ0) is 13.0. The summed E-state index contributed by atoms with van der Waals surface area (Å²) in [5, 5.41) is 0.0675. The zero-order valence-electron chi connectivity index (χ0n) is 10.3. The molecule has 0 aromatic heterocycles. The quantitative estimate of drug-likeness (QED) is 0.494. The van der Waals surface area contributed by atoms with Crippen LogP contribution in [0.15, 0.2) is 30.3 Å². The molecular weight excluding hydrogens is 248 g/mol. The lowest BCUT2D eigenvalue weighted by Gasteiger charge is -2.21. The van der Waals surface area contributed by atoms with Crippen molar-refractivity contribution in [2.24, 2.45) is 5.84 Å². The van der Waals surface area contributed by atoms with Crippen molar-refractivity contribution in [2.45, 2.75) is 29.9 Å². The molecule has 3 N–H and O–H groups in total. The van der Waals surface area contributed by atoms with Crippen LogP contribution in [0.25, 0.3) is 0 Å². The van der Waals surface area contributed by atoms with E-state index in [0.717, 1.165) is 18.6 Å². The average molecular weight is 266 g/mol. The van der Waals surface area contributed by atoms with Crippen molar-refractivity contribution >= 4 is 17.7 Å². The van der Waals surface area contributed by atoms with Gasteiger partial charge in [-0.2, -0.15) is 0 Å². The normalized spacial score (nSPS) is 24.8. The van der Waals surface area contributed by atoms with Gasteiger partial charge in [0.25, 0.3) is 5.91 Å². The second kappa shape index (κ2) is 6.22. The summed E-state index contributed by atoms with van der Waals surface area (Å²) in [6.45, 7) is 2.82. The van der Waals surface area contributed by atoms with Gasteiger partial charge in [0.05, 0.1) is 6.10 Å². The smallest absolute Gasteiger partial charge is 0.251 e. The molecule has 0 saturated carbocycles. The third-order valence-electron chi connectivity index (χ3n) is 3.10. The van der Waals surface area contributed by atoms with Gasteiger partial charge in [-0.1, -0.05) is 30.3 Å². The molecule has 5 heteroatoms. The molecule has 0 aliphatic carbocycles. The highest BCUT2D eigenvalue weighted by Gasteiger charge is 2.31. The number of amides is 1. The van der Waals surface area contributed by atoms with E-state index in [1.165, 1.54) is 0 Å². The number of ether oxygens (including phenoxy) is 1. The number of benzene rings is 1. The van der Waals surface area contributed by atoms with E-state index in [1.807, 2.05) is 37.3 Å². The van der Waals surface area contributed by atoms with Crippen LogP contribution in [0.1, 0.15) is 24.2 Å². The highest BCUT2D eigenvalue weighted by atomic mass is 32.2. The predicted octanol–water partition coefficient (Wildman–Crippen LogP) is 1.63.